The summed E-state index contributed by atoms with van der Waals surface area (Å²) >= 11 is 3.51. The van der Waals surface area contributed by atoms with Crippen LogP contribution in [0.25, 0.3) is 0 Å². The van der Waals surface area contributed by atoms with Gasteiger partial charge in [0.15, 0.2) is 0 Å². The molecule has 0 radical (unpaired) electrons. The lowest BCUT2D eigenvalue weighted by Crippen LogP contribution is -2.34. The maximum absolute atomic E-state index is 12.2. The van der Waals surface area contributed by atoms with Crippen LogP contribution in [0.15, 0.2) is 28.7 Å². The second-order valence-corrected chi connectivity index (χ2v) is 7.33. The highest BCUT2D eigenvalue weighted by atomic mass is 79.9. The number of carbonyl (C=O) groups excluding carboxylic acids is 1. The standard InChI is InChI=1S/C18H26BrNO/c1-3-5-14-8-9-18(21)16(10-14)13-20(2)12-15-6-4-7-17(19)11-15/h4,6-7,11,14,16H,3,5,8-10,12-13H2,1-2H3. The minimum atomic E-state index is 0.243. The third-order valence-corrected chi connectivity index (χ3v) is 4.94. The van der Waals surface area contributed by atoms with Crippen LogP contribution in [0.1, 0.15) is 44.6 Å². The Labute approximate surface area is 137 Å². The van der Waals surface area contributed by atoms with Gasteiger partial charge in [0, 0.05) is 29.9 Å². The molecule has 0 heterocycles. The molecule has 116 valence electrons. The molecule has 1 saturated carbocycles. The van der Waals surface area contributed by atoms with Gasteiger partial charge in [0.05, 0.1) is 0 Å². The van der Waals surface area contributed by atoms with Crippen molar-refractivity contribution in [3.05, 3.63) is 34.3 Å². The molecule has 1 aliphatic rings. The largest absolute Gasteiger partial charge is 0.301 e. The zero-order valence-corrected chi connectivity index (χ0v) is 14.7. The number of hydrogen-bond acceptors (Lipinski definition) is 2. The van der Waals surface area contributed by atoms with Crippen LogP contribution in [0.2, 0.25) is 0 Å². The number of ketones is 1. The van der Waals surface area contributed by atoms with Crippen molar-refractivity contribution in [2.45, 2.75) is 45.6 Å². The van der Waals surface area contributed by atoms with Crippen LogP contribution in [0, 0.1) is 11.8 Å². The Morgan fingerprint density at radius 1 is 1.38 bits per heavy atom. The van der Waals surface area contributed by atoms with Crippen molar-refractivity contribution in [2.24, 2.45) is 11.8 Å². The van der Waals surface area contributed by atoms with Gasteiger partial charge in [-0.15, -0.1) is 0 Å². The van der Waals surface area contributed by atoms with E-state index in [0.29, 0.717) is 5.78 Å². The van der Waals surface area contributed by atoms with Gasteiger partial charge in [-0.2, -0.15) is 0 Å². The molecular weight excluding hydrogens is 326 g/mol. The maximum Gasteiger partial charge on any atom is 0.137 e. The Bertz CT molecular complexity index is 474. The number of hydrogen-bond donors (Lipinski definition) is 0. The molecule has 1 fully saturated rings. The number of halogens is 1. The molecule has 0 bridgehead atoms. The number of nitrogens with zero attached hydrogens (tertiary/aromatic N) is 1. The summed E-state index contributed by atoms with van der Waals surface area (Å²) in [5.74, 6) is 1.48. The zero-order valence-electron chi connectivity index (χ0n) is 13.1. The first-order valence-corrected chi connectivity index (χ1v) is 8.83. The van der Waals surface area contributed by atoms with Crippen LogP contribution in [0.4, 0.5) is 0 Å². The van der Waals surface area contributed by atoms with Gasteiger partial charge in [-0.05, 0) is 43.5 Å². The van der Waals surface area contributed by atoms with E-state index in [1.807, 2.05) is 6.07 Å². The van der Waals surface area contributed by atoms with Crippen molar-refractivity contribution in [2.75, 3.05) is 13.6 Å². The SMILES string of the molecule is CCCC1CCC(=O)C(CN(C)Cc2cccc(Br)c2)C1. The van der Waals surface area contributed by atoms with E-state index in [9.17, 15) is 4.79 Å². The average Bonchev–Trinajstić information content (AvgIpc) is 2.43. The second-order valence-electron chi connectivity index (χ2n) is 6.42. The van der Waals surface area contributed by atoms with E-state index in [4.69, 9.17) is 0 Å². The molecule has 0 N–H and O–H groups in total. The normalized spacial score (nSPS) is 22.8. The first kappa shape index (κ1) is 16.7. The van der Waals surface area contributed by atoms with Gasteiger partial charge in [-0.1, -0.05) is 47.8 Å². The molecule has 0 saturated heterocycles. The molecule has 3 heteroatoms. The molecule has 1 aliphatic carbocycles. The predicted molar refractivity (Wildman–Crippen MR) is 91.2 cm³/mol. The molecule has 2 nitrogen and oxygen atoms in total. The average molecular weight is 352 g/mol. The van der Waals surface area contributed by atoms with Crippen LogP contribution >= 0.6 is 15.9 Å². The predicted octanol–water partition coefficient (Wildman–Crippen LogP) is 4.67. The van der Waals surface area contributed by atoms with Crippen molar-refractivity contribution in [3.63, 3.8) is 0 Å². The topological polar surface area (TPSA) is 20.3 Å². The summed E-state index contributed by atoms with van der Waals surface area (Å²) in [4.78, 5) is 14.4. The molecule has 0 aliphatic heterocycles. The van der Waals surface area contributed by atoms with Crippen LogP contribution in [0.5, 0.6) is 0 Å². The van der Waals surface area contributed by atoms with Crippen molar-refractivity contribution in [1.29, 1.82) is 0 Å². The molecule has 0 amide bonds. The van der Waals surface area contributed by atoms with E-state index in [1.165, 1.54) is 18.4 Å². The van der Waals surface area contributed by atoms with E-state index in [0.717, 1.165) is 42.7 Å². The molecular formula is C18H26BrNO. The van der Waals surface area contributed by atoms with Gasteiger partial charge >= 0.3 is 0 Å². The van der Waals surface area contributed by atoms with Gasteiger partial charge in [0.2, 0.25) is 0 Å². The lowest BCUT2D eigenvalue weighted by molar-refractivity contribution is -0.126. The van der Waals surface area contributed by atoms with Crippen molar-refractivity contribution >= 4 is 21.7 Å². The van der Waals surface area contributed by atoms with E-state index in [2.05, 4.69) is 53.0 Å². The first-order chi connectivity index (χ1) is 10.1. The van der Waals surface area contributed by atoms with Gasteiger partial charge in [-0.25, -0.2) is 0 Å². The highest BCUT2D eigenvalue weighted by Gasteiger charge is 2.28. The monoisotopic (exact) mass is 351 g/mol. The minimum Gasteiger partial charge on any atom is -0.301 e. The summed E-state index contributed by atoms with van der Waals surface area (Å²) in [7, 11) is 2.12. The summed E-state index contributed by atoms with van der Waals surface area (Å²) < 4.78 is 1.12. The van der Waals surface area contributed by atoms with E-state index < -0.39 is 0 Å². The maximum atomic E-state index is 12.2. The quantitative estimate of drug-likeness (QED) is 0.742. The van der Waals surface area contributed by atoms with Crippen LogP contribution in [-0.4, -0.2) is 24.3 Å². The smallest absolute Gasteiger partial charge is 0.137 e. The second kappa shape index (κ2) is 8.09. The third kappa shape index (κ3) is 5.23. The molecule has 2 unspecified atom stereocenters. The Morgan fingerprint density at radius 3 is 2.90 bits per heavy atom. The molecule has 2 rings (SSSR count). The summed E-state index contributed by atoms with van der Waals surface area (Å²) in [5, 5.41) is 0. The fourth-order valence-corrected chi connectivity index (χ4v) is 3.88. The van der Waals surface area contributed by atoms with Crippen LogP contribution in [0.3, 0.4) is 0 Å². The highest BCUT2D eigenvalue weighted by Crippen LogP contribution is 2.30. The molecule has 2 atom stereocenters. The number of benzene rings is 1. The Balaban J connectivity index is 1.88. The van der Waals surface area contributed by atoms with Gasteiger partial charge < -0.3 is 4.90 Å². The van der Waals surface area contributed by atoms with E-state index >= 15 is 0 Å². The van der Waals surface area contributed by atoms with Gasteiger partial charge in [-0.3, -0.25) is 4.79 Å². The first-order valence-electron chi connectivity index (χ1n) is 8.04. The Morgan fingerprint density at radius 2 is 2.19 bits per heavy atom. The summed E-state index contributed by atoms with van der Waals surface area (Å²) in [6.07, 6.45) is 5.51. The Hall–Kier alpha value is -0.670. The lowest BCUT2D eigenvalue weighted by atomic mass is 9.78. The molecule has 1 aromatic rings. The number of rotatable bonds is 6. The zero-order chi connectivity index (χ0) is 15.2. The van der Waals surface area contributed by atoms with Crippen molar-refractivity contribution in [1.82, 2.24) is 4.90 Å². The third-order valence-electron chi connectivity index (χ3n) is 4.44. The fourth-order valence-electron chi connectivity index (χ4n) is 3.44. The molecule has 1 aromatic carbocycles. The summed E-state index contributed by atoms with van der Waals surface area (Å²) in [6, 6.07) is 8.41. The van der Waals surface area contributed by atoms with E-state index in [-0.39, 0.29) is 5.92 Å². The van der Waals surface area contributed by atoms with Crippen LogP contribution in [-0.2, 0) is 11.3 Å². The number of Topliss-reactive ketones (excluding diaryl/α,β-unsaturated/α-hetero) is 1. The van der Waals surface area contributed by atoms with Crippen LogP contribution < -0.4 is 0 Å². The van der Waals surface area contributed by atoms with Gasteiger partial charge in [0.25, 0.3) is 0 Å². The van der Waals surface area contributed by atoms with Crippen molar-refractivity contribution in [3.8, 4) is 0 Å². The minimum absolute atomic E-state index is 0.243. The Kier molecular flexibility index (Phi) is 6.43. The van der Waals surface area contributed by atoms with Crippen molar-refractivity contribution < 1.29 is 4.79 Å². The van der Waals surface area contributed by atoms with E-state index in [1.54, 1.807) is 0 Å². The highest BCUT2D eigenvalue weighted by molar-refractivity contribution is 9.10. The summed E-state index contributed by atoms with van der Waals surface area (Å²) in [6.45, 7) is 4.04. The molecule has 0 spiro atoms. The van der Waals surface area contributed by atoms with Gasteiger partial charge in [0.1, 0.15) is 5.78 Å². The molecule has 21 heavy (non-hydrogen) atoms. The number of carbonyl (C=O) groups is 1. The fraction of sp³-hybridized carbons (Fsp3) is 0.611. The molecule has 0 aromatic heterocycles. The lowest BCUT2D eigenvalue weighted by Gasteiger charge is -2.31. The summed E-state index contributed by atoms with van der Waals surface area (Å²) in [5.41, 5.74) is 1.29.